The Labute approximate surface area is 99.3 Å². The monoisotopic (exact) mass is 220 g/mol. The highest BCUT2D eigenvalue weighted by molar-refractivity contribution is 5.24. The van der Waals surface area contributed by atoms with Gasteiger partial charge >= 0.3 is 0 Å². The average Bonchev–Trinajstić information content (AvgIpc) is 2.24. The van der Waals surface area contributed by atoms with Gasteiger partial charge in [0, 0.05) is 5.41 Å². The summed E-state index contributed by atoms with van der Waals surface area (Å²) in [7, 11) is 0. The molecule has 2 aliphatic carbocycles. The van der Waals surface area contributed by atoms with Crippen LogP contribution in [-0.2, 0) is 0 Å². The Morgan fingerprint density at radius 2 is 2.19 bits per heavy atom. The summed E-state index contributed by atoms with van der Waals surface area (Å²) < 4.78 is 0. The molecule has 0 aromatic rings. The Kier molecular flexibility index (Phi) is 3.00. The molecule has 0 radical (unpaired) electrons. The molecule has 0 bridgehead atoms. The van der Waals surface area contributed by atoms with Crippen LogP contribution in [0.3, 0.4) is 0 Å². The molecule has 2 rings (SSSR count). The highest BCUT2D eigenvalue weighted by Gasteiger charge is 2.46. The van der Waals surface area contributed by atoms with Crippen molar-refractivity contribution in [3.05, 3.63) is 23.8 Å². The van der Waals surface area contributed by atoms with Crippen LogP contribution in [0.5, 0.6) is 0 Å². The predicted molar refractivity (Wildman–Crippen MR) is 68.1 cm³/mol. The molecule has 2 aliphatic rings. The van der Waals surface area contributed by atoms with Gasteiger partial charge in [0.25, 0.3) is 0 Å². The Balaban J connectivity index is 2.29. The van der Waals surface area contributed by atoms with Crippen LogP contribution in [0.15, 0.2) is 23.8 Å². The first kappa shape index (κ1) is 11.9. The molecule has 0 amide bonds. The quantitative estimate of drug-likeness (QED) is 0.668. The Morgan fingerprint density at radius 3 is 2.81 bits per heavy atom. The standard InChI is InChI=1S/C15H24O/c1-10(2)12-7-8-15(4)13(9-12)11(3)5-6-14(15)16/h7,10,13-14,16H,3,5-6,8-9H2,1-2,4H3/t13?,14-,15-/m1/s1. The number of aliphatic hydroxyl groups is 1. The number of aliphatic hydroxyl groups excluding tert-OH is 1. The maximum absolute atomic E-state index is 10.2. The molecule has 0 aromatic carbocycles. The van der Waals surface area contributed by atoms with Gasteiger partial charge in [0.2, 0.25) is 0 Å². The lowest BCUT2D eigenvalue weighted by Gasteiger charge is -2.49. The van der Waals surface area contributed by atoms with E-state index in [-0.39, 0.29) is 11.5 Å². The predicted octanol–water partition coefficient (Wildman–Crippen LogP) is 3.70. The highest BCUT2D eigenvalue weighted by atomic mass is 16.3. The van der Waals surface area contributed by atoms with Crippen molar-refractivity contribution >= 4 is 0 Å². The maximum Gasteiger partial charge on any atom is 0.0605 e. The van der Waals surface area contributed by atoms with E-state index in [0.29, 0.717) is 11.8 Å². The van der Waals surface area contributed by atoms with Crippen molar-refractivity contribution in [3.63, 3.8) is 0 Å². The normalized spacial score (nSPS) is 39.6. The van der Waals surface area contributed by atoms with Crippen LogP contribution in [0.2, 0.25) is 0 Å². The second-order valence-corrected chi connectivity index (χ2v) is 6.11. The Bertz CT molecular complexity index is 326. The van der Waals surface area contributed by atoms with Crippen LogP contribution in [-0.4, -0.2) is 11.2 Å². The molecule has 1 N–H and O–H groups in total. The molecule has 0 aliphatic heterocycles. The zero-order valence-electron chi connectivity index (χ0n) is 10.8. The van der Waals surface area contributed by atoms with Crippen LogP contribution in [0.25, 0.3) is 0 Å². The van der Waals surface area contributed by atoms with Gasteiger partial charge in [-0.2, -0.15) is 0 Å². The molecule has 0 heterocycles. The van der Waals surface area contributed by atoms with E-state index in [0.717, 1.165) is 25.7 Å². The third-order valence-electron chi connectivity index (χ3n) is 4.77. The van der Waals surface area contributed by atoms with Crippen molar-refractivity contribution in [1.29, 1.82) is 0 Å². The molecule has 90 valence electrons. The van der Waals surface area contributed by atoms with E-state index in [9.17, 15) is 5.11 Å². The lowest BCUT2D eigenvalue weighted by molar-refractivity contribution is -0.0226. The van der Waals surface area contributed by atoms with Crippen molar-refractivity contribution in [1.82, 2.24) is 0 Å². The molecule has 16 heavy (non-hydrogen) atoms. The number of rotatable bonds is 1. The van der Waals surface area contributed by atoms with Gasteiger partial charge in [-0.15, -0.1) is 0 Å². The molecule has 1 nitrogen and oxygen atoms in total. The first-order valence-corrected chi connectivity index (χ1v) is 6.50. The van der Waals surface area contributed by atoms with Gasteiger partial charge in [0.15, 0.2) is 0 Å². The van der Waals surface area contributed by atoms with Crippen molar-refractivity contribution in [2.24, 2.45) is 17.3 Å². The fraction of sp³-hybridized carbons (Fsp3) is 0.733. The van der Waals surface area contributed by atoms with Gasteiger partial charge in [0.1, 0.15) is 0 Å². The Hall–Kier alpha value is -0.560. The molecule has 0 spiro atoms. The van der Waals surface area contributed by atoms with Crippen molar-refractivity contribution < 1.29 is 5.11 Å². The third kappa shape index (κ3) is 1.75. The minimum absolute atomic E-state index is 0.0493. The van der Waals surface area contributed by atoms with Crippen LogP contribution in [0.1, 0.15) is 46.5 Å². The number of fused-ring (bicyclic) bond motifs is 1. The number of hydrogen-bond donors (Lipinski definition) is 1. The minimum atomic E-state index is -0.145. The second-order valence-electron chi connectivity index (χ2n) is 6.11. The third-order valence-corrected chi connectivity index (χ3v) is 4.77. The van der Waals surface area contributed by atoms with Gasteiger partial charge < -0.3 is 5.11 Å². The van der Waals surface area contributed by atoms with E-state index < -0.39 is 0 Å². The SMILES string of the molecule is C=C1CC[C@@H](O)[C@]2(C)CC=C(C(C)C)CC12. The first-order chi connectivity index (χ1) is 7.45. The lowest BCUT2D eigenvalue weighted by Crippen LogP contribution is -2.45. The van der Waals surface area contributed by atoms with Gasteiger partial charge in [-0.25, -0.2) is 0 Å². The second kappa shape index (κ2) is 4.03. The first-order valence-electron chi connectivity index (χ1n) is 6.50. The highest BCUT2D eigenvalue weighted by Crippen LogP contribution is 2.52. The zero-order chi connectivity index (χ0) is 11.9. The minimum Gasteiger partial charge on any atom is -0.393 e. The molecule has 0 saturated heterocycles. The van der Waals surface area contributed by atoms with Crippen LogP contribution in [0, 0.1) is 17.3 Å². The molecular weight excluding hydrogens is 196 g/mol. The van der Waals surface area contributed by atoms with Gasteiger partial charge in [0.05, 0.1) is 6.10 Å². The van der Waals surface area contributed by atoms with Gasteiger partial charge in [-0.3, -0.25) is 0 Å². The molecule has 1 saturated carbocycles. The summed E-state index contributed by atoms with van der Waals surface area (Å²) in [5, 5.41) is 10.2. The fourth-order valence-electron chi connectivity index (χ4n) is 3.32. The summed E-state index contributed by atoms with van der Waals surface area (Å²) in [5.74, 6) is 1.13. The summed E-state index contributed by atoms with van der Waals surface area (Å²) in [5.41, 5.74) is 2.96. The Morgan fingerprint density at radius 1 is 1.50 bits per heavy atom. The topological polar surface area (TPSA) is 20.2 Å². The van der Waals surface area contributed by atoms with E-state index in [2.05, 4.69) is 33.4 Å². The number of hydrogen-bond acceptors (Lipinski definition) is 1. The average molecular weight is 220 g/mol. The van der Waals surface area contributed by atoms with Crippen LogP contribution < -0.4 is 0 Å². The van der Waals surface area contributed by atoms with Crippen LogP contribution in [0.4, 0.5) is 0 Å². The summed E-state index contributed by atoms with van der Waals surface area (Å²) in [4.78, 5) is 0. The molecule has 0 aromatic heterocycles. The lowest BCUT2D eigenvalue weighted by atomic mass is 9.57. The van der Waals surface area contributed by atoms with E-state index in [1.54, 1.807) is 5.57 Å². The van der Waals surface area contributed by atoms with E-state index in [4.69, 9.17) is 0 Å². The fourth-order valence-corrected chi connectivity index (χ4v) is 3.32. The van der Waals surface area contributed by atoms with Crippen LogP contribution >= 0.6 is 0 Å². The van der Waals surface area contributed by atoms with Crippen molar-refractivity contribution in [3.8, 4) is 0 Å². The van der Waals surface area contributed by atoms with E-state index in [1.165, 1.54) is 5.57 Å². The van der Waals surface area contributed by atoms with E-state index >= 15 is 0 Å². The summed E-state index contributed by atoms with van der Waals surface area (Å²) in [6.07, 6.45) is 6.26. The van der Waals surface area contributed by atoms with Gasteiger partial charge in [-0.05, 0) is 37.5 Å². The molecule has 1 unspecified atom stereocenters. The zero-order valence-corrected chi connectivity index (χ0v) is 10.8. The largest absolute Gasteiger partial charge is 0.393 e. The van der Waals surface area contributed by atoms with Gasteiger partial charge in [-0.1, -0.05) is 44.6 Å². The summed E-state index contributed by atoms with van der Waals surface area (Å²) in [6.45, 7) is 11.0. The van der Waals surface area contributed by atoms with E-state index in [1.807, 2.05) is 0 Å². The summed E-state index contributed by atoms with van der Waals surface area (Å²) >= 11 is 0. The van der Waals surface area contributed by atoms with Crippen molar-refractivity contribution in [2.45, 2.75) is 52.6 Å². The van der Waals surface area contributed by atoms with Crippen molar-refractivity contribution in [2.75, 3.05) is 0 Å². The molecular formula is C15H24O. The molecule has 1 heteroatoms. The number of allylic oxidation sites excluding steroid dienone is 3. The summed E-state index contributed by atoms with van der Waals surface area (Å²) in [6, 6.07) is 0. The molecule has 1 fully saturated rings. The molecule has 3 atom stereocenters. The smallest absolute Gasteiger partial charge is 0.0605 e. The maximum atomic E-state index is 10.2.